The number of aliphatic hydroxyl groups is 1. The van der Waals surface area contributed by atoms with Crippen LogP contribution in [-0.2, 0) is 31.0 Å². The topological polar surface area (TPSA) is 37.3 Å². The van der Waals surface area contributed by atoms with Crippen LogP contribution >= 0.6 is 0 Å². The third kappa shape index (κ3) is 4.44. The normalized spacial score (nSPS) is 11.8. The summed E-state index contributed by atoms with van der Waals surface area (Å²) >= 11 is 0. The predicted molar refractivity (Wildman–Crippen MR) is 61.5 cm³/mol. The second-order valence-electron chi connectivity index (χ2n) is 4.51. The van der Waals surface area contributed by atoms with Crippen LogP contribution in [0.1, 0.15) is 26.3 Å². The molecule has 0 aliphatic rings. The van der Waals surface area contributed by atoms with Gasteiger partial charge in [-0.25, -0.2) is 0 Å². The molecule has 0 aromatic heterocycles. The number of carbonyl (C=O) groups excluding carboxylic acids is 1. The molecule has 0 unspecified atom stereocenters. The molecular formula is C13H16O2Zr. The fourth-order valence-electron chi connectivity index (χ4n) is 1.03. The monoisotopic (exact) mass is 294 g/mol. The fourth-order valence-corrected chi connectivity index (χ4v) is 1.03. The molecule has 0 radical (unpaired) electrons. The van der Waals surface area contributed by atoms with Gasteiger partial charge in [-0.2, -0.15) is 0 Å². The summed E-state index contributed by atoms with van der Waals surface area (Å²) in [5, 5.41) is 9.69. The Morgan fingerprint density at radius 1 is 1.19 bits per heavy atom. The molecule has 3 heteroatoms. The van der Waals surface area contributed by atoms with Crippen molar-refractivity contribution in [3.8, 4) is 0 Å². The molecule has 0 saturated carbocycles. The molecule has 0 aliphatic heterocycles. The van der Waals surface area contributed by atoms with E-state index in [2.05, 4.69) is 0 Å². The number of allylic oxidation sites excluding steroid dienone is 1. The van der Waals surface area contributed by atoms with Crippen LogP contribution in [0.25, 0.3) is 5.76 Å². The van der Waals surface area contributed by atoms with Crippen LogP contribution in [0.2, 0.25) is 0 Å². The van der Waals surface area contributed by atoms with Crippen molar-refractivity contribution in [2.75, 3.05) is 0 Å². The minimum atomic E-state index is -0.456. The average molecular weight is 295 g/mol. The minimum Gasteiger partial charge on any atom is -0.507 e. The number of benzene rings is 1. The molecule has 0 amide bonds. The molecule has 0 aliphatic carbocycles. The molecular weight excluding hydrogens is 279 g/mol. The molecule has 84 valence electrons. The largest absolute Gasteiger partial charge is 0.507 e. The summed E-state index contributed by atoms with van der Waals surface area (Å²) in [4.78, 5) is 11.6. The Bertz CT molecular complexity index is 375. The SMILES string of the molecule is CC(C)(C)C(=O)/C=C(\O)c1ccccc1.[Zr]. The fraction of sp³-hybridized carbons (Fsp3) is 0.308. The second-order valence-corrected chi connectivity index (χ2v) is 4.51. The van der Waals surface area contributed by atoms with Crippen molar-refractivity contribution < 1.29 is 36.1 Å². The van der Waals surface area contributed by atoms with E-state index in [0.29, 0.717) is 5.56 Å². The molecule has 0 fully saturated rings. The van der Waals surface area contributed by atoms with Crippen LogP contribution < -0.4 is 0 Å². The molecule has 16 heavy (non-hydrogen) atoms. The van der Waals surface area contributed by atoms with E-state index >= 15 is 0 Å². The van der Waals surface area contributed by atoms with Crippen molar-refractivity contribution in [3.05, 3.63) is 42.0 Å². The Morgan fingerprint density at radius 2 is 1.69 bits per heavy atom. The van der Waals surface area contributed by atoms with Gasteiger partial charge in [0.2, 0.25) is 0 Å². The van der Waals surface area contributed by atoms with Crippen molar-refractivity contribution in [1.29, 1.82) is 0 Å². The Morgan fingerprint density at radius 3 is 2.12 bits per heavy atom. The van der Waals surface area contributed by atoms with E-state index in [4.69, 9.17) is 0 Å². The van der Waals surface area contributed by atoms with Crippen LogP contribution in [0.15, 0.2) is 36.4 Å². The average Bonchev–Trinajstić information content (AvgIpc) is 2.17. The van der Waals surface area contributed by atoms with E-state index in [1.165, 1.54) is 6.08 Å². The molecule has 2 nitrogen and oxygen atoms in total. The van der Waals surface area contributed by atoms with E-state index in [9.17, 15) is 9.90 Å². The maximum atomic E-state index is 11.6. The molecule has 1 aromatic rings. The maximum Gasteiger partial charge on any atom is 0.164 e. The third-order valence-corrected chi connectivity index (χ3v) is 2.08. The Kier molecular flexibility index (Phi) is 5.88. The van der Waals surface area contributed by atoms with Gasteiger partial charge in [-0.15, -0.1) is 0 Å². The van der Waals surface area contributed by atoms with Gasteiger partial charge in [-0.1, -0.05) is 51.1 Å². The summed E-state index contributed by atoms with van der Waals surface area (Å²) in [6.07, 6.45) is 1.29. The van der Waals surface area contributed by atoms with Crippen molar-refractivity contribution in [1.82, 2.24) is 0 Å². The second kappa shape index (κ2) is 6.15. The van der Waals surface area contributed by atoms with Crippen molar-refractivity contribution in [2.24, 2.45) is 5.41 Å². The number of ketones is 1. The summed E-state index contributed by atoms with van der Waals surface area (Å²) in [5.41, 5.74) is 0.207. The van der Waals surface area contributed by atoms with Crippen LogP contribution in [0.5, 0.6) is 0 Å². The zero-order valence-corrected chi connectivity index (χ0v) is 12.3. The summed E-state index contributed by atoms with van der Waals surface area (Å²) in [6, 6.07) is 9.04. The van der Waals surface area contributed by atoms with Gasteiger partial charge in [0.15, 0.2) is 5.78 Å². The number of rotatable bonds is 2. The van der Waals surface area contributed by atoms with Crippen molar-refractivity contribution >= 4 is 11.5 Å². The van der Waals surface area contributed by atoms with Crippen LogP contribution in [0, 0.1) is 5.41 Å². The standard InChI is InChI=1S/C13H16O2.Zr/c1-13(2,3)12(15)9-11(14)10-7-5-4-6-8-10;/h4-9,14H,1-3H3;/b11-9-;. The first-order valence-electron chi connectivity index (χ1n) is 4.92. The summed E-state index contributed by atoms with van der Waals surface area (Å²) in [5.74, 6) is -0.0561. The van der Waals surface area contributed by atoms with E-state index in [-0.39, 0.29) is 37.7 Å². The molecule has 1 aromatic carbocycles. The van der Waals surface area contributed by atoms with Gasteiger partial charge in [-0.3, -0.25) is 4.79 Å². The third-order valence-electron chi connectivity index (χ3n) is 2.08. The molecule has 1 N–H and O–H groups in total. The molecule has 0 heterocycles. The van der Waals surface area contributed by atoms with Crippen LogP contribution in [-0.4, -0.2) is 10.9 Å². The van der Waals surface area contributed by atoms with E-state index in [1.54, 1.807) is 12.1 Å². The Hall–Kier alpha value is -0.687. The Labute approximate surface area is 116 Å². The Balaban J connectivity index is 0.00000225. The van der Waals surface area contributed by atoms with E-state index in [0.717, 1.165) is 0 Å². The van der Waals surface area contributed by atoms with E-state index < -0.39 is 5.41 Å². The summed E-state index contributed by atoms with van der Waals surface area (Å²) < 4.78 is 0. The summed E-state index contributed by atoms with van der Waals surface area (Å²) in [6.45, 7) is 5.47. The zero-order chi connectivity index (χ0) is 11.5. The molecule has 0 bridgehead atoms. The minimum absolute atomic E-state index is 0. The first-order chi connectivity index (χ1) is 6.91. The van der Waals surface area contributed by atoms with Crippen LogP contribution in [0.4, 0.5) is 0 Å². The van der Waals surface area contributed by atoms with Gasteiger partial charge in [0.25, 0.3) is 0 Å². The number of aliphatic hydroxyl groups excluding tert-OH is 1. The van der Waals surface area contributed by atoms with E-state index in [1.807, 2.05) is 39.0 Å². The van der Waals surface area contributed by atoms with Gasteiger partial charge in [0, 0.05) is 43.3 Å². The number of hydrogen-bond donors (Lipinski definition) is 1. The van der Waals surface area contributed by atoms with Crippen molar-refractivity contribution in [3.63, 3.8) is 0 Å². The predicted octanol–water partition coefficient (Wildman–Crippen LogP) is 3.20. The zero-order valence-electron chi connectivity index (χ0n) is 9.82. The molecule has 0 spiro atoms. The quantitative estimate of drug-likeness (QED) is 0.672. The smallest absolute Gasteiger partial charge is 0.164 e. The molecule has 0 saturated heterocycles. The van der Waals surface area contributed by atoms with Gasteiger partial charge in [-0.05, 0) is 0 Å². The van der Waals surface area contributed by atoms with Gasteiger partial charge < -0.3 is 5.11 Å². The van der Waals surface area contributed by atoms with Gasteiger partial charge in [0.1, 0.15) is 5.76 Å². The van der Waals surface area contributed by atoms with Gasteiger partial charge in [0.05, 0.1) is 0 Å². The number of carbonyl (C=O) groups is 1. The first-order valence-corrected chi connectivity index (χ1v) is 4.92. The van der Waals surface area contributed by atoms with Crippen LogP contribution in [0.3, 0.4) is 0 Å². The summed E-state index contributed by atoms with van der Waals surface area (Å²) in [7, 11) is 0. The number of hydrogen-bond acceptors (Lipinski definition) is 2. The van der Waals surface area contributed by atoms with Gasteiger partial charge >= 0.3 is 0 Å². The molecule has 0 atom stereocenters. The first kappa shape index (κ1) is 15.3. The maximum absolute atomic E-state index is 11.6. The molecule has 1 rings (SSSR count). The van der Waals surface area contributed by atoms with Crippen molar-refractivity contribution in [2.45, 2.75) is 20.8 Å².